The quantitative estimate of drug-likeness (QED) is 0.279. The molecule has 0 spiro atoms. The molecule has 2 amide bonds. The summed E-state index contributed by atoms with van der Waals surface area (Å²) in [6.07, 6.45) is -2.22. The molecule has 9 nitrogen and oxygen atoms in total. The van der Waals surface area contributed by atoms with Gasteiger partial charge in [0.1, 0.15) is 5.75 Å². The third-order valence-corrected chi connectivity index (χ3v) is 2.86. The lowest BCUT2D eigenvalue weighted by Crippen LogP contribution is -2.35. The standard InChI is InChI=1S/C14H20N2O7/c17-6-11(20)4-15-13(22)8-1-9(3-10(19)2-8)14(23)16-5-12(21)7-18/h1-3,11-12,17-21H,4-7H2,(H,15,22)(H,16,23). The fourth-order valence-corrected chi connectivity index (χ4v) is 1.63. The molecule has 0 aromatic heterocycles. The number of carbonyl (C=O) groups is 2. The summed E-state index contributed by atoms with van der Waals surface area (Å²) in [6, 6.07) is 3.50. The molecule has 0 fully saturated rings. The van der Waals surface area contributed by atoms with E-state index >= 15 is 0 Å². The molecule has 7 N–H and O–H groups in total. The van der Waals surface area contributed by atoms with Crippen molar-refractivity contribution in [1.82, 2.24) is 10.6 Å². The van der Waals surface area contributed by atoms with Crippen LogP contribution >= 0.6 is 0 Å². The summed E-state index contributed by atoms with van der Waals surface area (Å²) in [5, 5.41) is 50.0. The van der Waals surface area contributed by atoms with Gasteiger partial charge in [-0.15, -0.1) is 0 Å². The maximum atomic E-state index is 11.9. The summed E-state index contributed by atoms with van der Waals surface area (Å²) >= 11 is 0. The number of nitrogens with one attached hydrogen (secondary N) is 2. The van der Waals surface area contributed by atoms with E-state index < -0.39 is 37.2 Å². The van der Waals surface area contributed by atoms with Crippen LogP contribution in [0.25, 0.3) is 0 Å². The Bertz CT molecular complexity index is 506. The van der Waals surface area contributed by atoms with Crippen molar-refractivity contribution in [2.45, 2.75) is 12.2 Å². The maximum Gasteiger partial charge on any atom is 0.251 e. The number of amides is 2. The zero-order valence-electron chi connectivity index (χ0n) is 12.3. The molecule has 0 bridgehead atoms. The molecule has 9 heteroatoms. The van der Waals surface area contributed by atoms with Crippen molar-refractivity contribution >= 4 is 11.8 Å². The van der Waals surface area contributed by atoms with Crippen molar-refractivity contribution in [3.63, 3.8) is 0 Å². The minimum absolute atomic E-state index is 0.0111. The molecule has 1 rings (SSSR count). The summed E-state index contributed by atoms with van der Waals surface area (Å²) in [4.78, 5) is 23.8. The topological polar surface area (TPSA) is 159 Å². The largest absolute Gasteiger partial charge is 0.508 e. The first-order valence-corrected chi connectivity index (χ1v) is 6.85. The molecule has 0 saturated carbocycles. The molecule has 0 radical (unpaired) electrons. The molecule has 0 saturated heterocycles. The van der Waals surface area contributed by atoms with Gasteiger partial charge in [0.15, 0.2) is 0 Å². The van der Waals surface area contributed by atoms with Crippen LogP contribution in [0.15, 0.2) is 18.2 Å². The van der Waals surface area contributed by atoms with Crippen LogP contribution in [0.1, 0.15) is 20.7 Å². The van der Waals surface area contributed by atoms with Crippen molar-refractivity contribution in [3.05, 3.63) is 29.3 Å². The van der Waals surface area contributed by atoms with Crippen molar-refractivity contribution < 1.29 is 35.1 Å². The summed E-state index contributed by atoms with van der Waals surface area (Å²) in [5.74, 6) is -1.59. The van der Waals surface area contributed by atoms with E-state index in [1.54, 1.807) is 0 Å². The average Bonchev–Trinajstić information content (AvgIpc) is 2.55. The minimum atomic E-state index is -1.11. The highest BCUT2D eigenvalue weighted by Gasteiger charge is 2.14. The minimum Gasteiger partial charge on any atom is -0.508 e. The summed E-state index contributed by atoms with van der Waals surface area (Å²) in [6.45, 7) is -1.40. The number of hydrogen-bond donors (Lipinski definition) is 7. The molecule has 23 heavy (non-hydrogen) atoms. The van der Waals surface area contributed by atoms with Gasteiger partial charge in [0.2, 0.25) is 0 Å². The molecule has 0 aliphatic heterocycles. The van der Waals surface area contributed by atoms with Crippen LogP contribution in [0.3, 0.4) is 0 Å². The van der Waals surface area contributed by atoms with Crippen LogP contribution in [0.2, 0.25) is 0 Å². The van der Waals surface area contributed by atoms with Gasteiger partial charge < -0.3 is 36.2 Å². The molecule has 2 atom stereocenters. The number of phenols is 1. The maximum absolute atomic E-state index is 11.9. The number of phenolic OH excluding ortho intramolecular Hbond substituents is 1. The van der Waals surface area contributed by atoms with E-state index in [9.17, 15) is 24.9 Å². The van der Waals surface area contributed by atoms with E-state index in [1.807, 2.05) is 0 Å². The van der Waals surface area contributed by atoms with Crippen LogP contribution in [-0.2, 0) is 0 Å². The van der Waals surface area contributed by atoms with Crippen LogP contribution in [0.5, 0.6) is 5.75 Å². The number of aliphatic hydroxyl groups is 4. The summed E-state index contributed by atoms with van der Waals surface area (Å²) < 4.78 is 0. The molecule has 1 aromatic rings. The molecular formula is C14H20N2O7. The van der Waals surface area contributed by atoms with Crippen LogP contribution in [0, 0.1) is 0 Å². The number of rotatable bonds is 8. The molecular weight excluding hydrogens is 308 g/mol. The van der Waals surface area contributed by atoms with Crippen LogP contribution in [0.4, 0.5) is 0 Å². The smallest absolute Gasteiger partial charge is 0.251 e. The fourth-order valence-electron chi connectivity index (χ4n) is 1.63. The molecule has 0 aliphatic carbocycles. The van der Waals surface area contributed by atoms with Gasteiger partial charge in [0.05, 0.1) is 25.4 Å². The third kappa shape index (κ3) is 6.20. The lowest BCUT2D eigenvalue weighted by Gasteiger charge is -2.11. The molecule has 0 aliphatic rings. The van der Waals surface area contributed by atoms with Gasteiger partial charge in [-0.25, -0.2) is 0 Å². The zero-order chi connectivity index (χ0) is 17.4. The Morgan fingerprint density at radius 2 is 1.26 bits per heavy atom. The van der Waals surface area contributed by atoms with E-state index in [0.717, 1.165) is 12.1 Å². The first kappa shape index (κ1) is 18.8. The number of hydrogen-bond acceptors (Lipinski definition) is 7. The summed E-state index contributed by atoms with van der Waals surface area (Å²) in [5.41, 5.74) is -0.0222. The van der Waals surface area contributed by atoms with Gasteiger partial charge in [0, 0.05) is 24.2 Å². The van der Waals surface area contributed by atoms with Gasteiger partial charge in [-0.2, -0.15) is 0 Å². The summed E-state index contributed by atoms with van der Waals surface area (Å²) in [7, 11) is 0. The molecule has 0 heterocycles. The second-order valence-electron chi connectivity index (χ2n) is 4.86. The monoisotopic (exact) mass is 328 g/mol. The Hall–Kier alpha value is -2.20. The van der Waals surface area contributed by atoms with Gasteiger partial charge in [-0.05, 0) is 18.2 Å². The second-order valence-corrected chi connectivity index (χ2v) is 4.86. The SMILES string of the molecule is O=C(NCC(O)CO)c1cc(O)cc(C(=O)NCC(O)CO)c1. The number of aliphatic hydroxyl groups excluding tert-OH is 4. The Morgan fingerprint density at radius 3 is 1.61 bits per heavy atom. The van der Waals surface area contributed by atoms with E-state index in [4.69, 9.17) is 10.2 Å². The van der Waals surface area contributed by atoms with E-state index in [1.165, 1.54) is 6.07 Å². The van der Waals surface area contributed by atoms with E-state index in [-0.39, 0.29) is 30.0 Å². The highest BCUT2D eigenvalue weighted by molar-refractivity contribution is 6.00. The Labute approximate surface area is 132 Å². The first-order valence-electron chi connectivity index (χ1n) is 6.85. The van der Waals surface area contributed by atoms with Crippen molar-refractivity contribution in [2.24, 2.45) is 0 Å². The van der Waals surface area contributed by atoms with Gasteiger partial charge >= 0.3 is 0 Å². The van der Waals surface area contributed by atoms with Crippen molar-refractivity contribution in [2.75, 3.05) is 26.3 Å². The highest BCUT2D eigenvalue weighted by atomic mass is 16.3. The zero-order valence-corrected chi connectivity index (χ0v) is 12.3. The van der Waals surface area contributed by atoms with Gasteiger partial charge in [-0.3, -0.25) is 9.59 Å². The Morgan fingerprint density at radius 1 is 0.870 bits per heavy atom. The second kappa shape index (κ2) is 9.06. The normalized spacial score (nSPS) is 13.2. The van der Waals surface area contributed by atoms with E-state index in [0.29, 0.717) is 0 Å². The highest BCUT2D eigenvalue weighted by Crippen LogP contribution is 2.16. The van der Waals surface area contributed by atoms with Crippen molar-refractivity contribution in [3.8, 4) is 5.75 Å². The van der Waals surface area contributed by atoms with Gasteiger partial charge in [-0.1, -0.05) is 0 Å². The third-order valence-electron chi connectivity index (χ3n) is 2.86. The predicted octanol–water partition coefficient (Wildman–Crippen LogP) is -2.44. The number of benzene rings is 1. The Kier molecular flexibility index (Phi) is 7.42. The predicted molar refractivity (Wildman–Crippen MR) is 79.0 cm³/mol. The first-order chi connectivity index (χ1) is 10.9. The number of carbonyl (C=O) groups excluding carboxylic acids is 2. The molecule has 1 aromatic carbocycles. The molecule has 2 unspecified atom stereocenters. The molecule has 128 valence electrons. The Balaban J connectivity index is 2.78. The fraction of sp³-hybridized carbons (Fsp3) is 0.429. The number of aromatic hydroxyl groups is 1. The average molecular weight is 328 g/mol. The lowest BCUT2D eigenvalue weighted by molar-refractivity contribution is 0.0799. The van der Waals surface area contributed by atoms with Crippen LogP contribution in [-0.4, -0.2) is 75.9 Å². The lowest BCUT2D eigenvalue weighted by atomic mass is 10.1. The van der Waals surface area contributed by atoms with Gasteiger partial charge in [0.25, 0.3) is 11.8 Å². The van der Waals surface area contributed by atoms with Crippen LogP contribution < -0.4 is 10.6 Å². The van der Waals surface area contributed by atoms with Crippen molar-refractivity contribution in [1.29, 1.82) is 0 Å². The van der Waals surface area contributed by atoms with E-state index in [2.05, 4.69) is 10.6 Å².